The van der Waals surface area contributed by atoms with Crippen LogP contribution in [0.15, 0.2) is 41.2 Å². The Morgan fingerprint density at radius 2 is 1.89 bits per heavy atom. The number of hydrogen-bond acceptors (Lipinski definition) is 5. The number of hydrogen-bond donors (Lipinski definition) is 3. The quantitative estimate of drug-likeness (QED) is 0.219. The van der Waals surface area contributed by atoms with Gasteiger partial charge in [0.1, 0.15) is 11.4 Å². The second-order valence-corrected chi connectivity index (χ2v) is 9.07. The number of benzene rings is 1. The van der Waals surface area contributed by atoms with Crippen molar-refractivity contribution in [1.29, 1.82) is 0 Å². The largest absolute Gasteiger partial charge is 0.433 e. The zero-order valence-electron chi connectivity index (χ0n) is 19.5. The monoisotopic (exact) mass is 531 g/mol. The van der Waals surface area contributed by atoms with Gasteiger partial charge in [-0.1, -0.05) is 24.9 Å². The molecular weight excluding hydrogens is 505 g/mol. The van der Waals surface area contributed by atoms with Gasteiger partial charge >= 0.3 is 6.18 Å². The minimum absolute atomic E-state index is 0.101. The van der Waals surface area contributed by atoms with E-state index in [0.717, 1.165) is 12.3 Å². The summed E-state index contributed by atoms with van der Waals surface area (Å²) in [6.45, 7) is 1.74. The fourth-order valence-corrected chi connectivity index (χ4v) is 4.20. The highest BCUT2D eigenvalue weighted by atomic mass is 35.5. The molecule has 3 rings (SSSR count). The van der Waals surface area contributed by atoms with Crippen LogP contribution in [0.4, 0.5) is 27.6 Å². The number of nitrogens with zero attached hydrogens (tertiary/aromatic N) is 2. The predicted octanol–water partition coefficient (Wildman–Crippen LogP) is 6.05. The number of carbonyl (C=O) groups excluding carboxylic acids is 1. The van der Waals surface area contributed by atoms with Gasteiger partial charge in [-0.2, -0.15) is 13.2 Å². The van der Waals surface area contributed by atoms with Crippen LogP contribution >= 0.6 is 11.6 Å². The lowest BCUT2D eigenvalue weighted by Gasteiger charge is -2.30. The van der Waals surface area contributed by atoms with Gasteiger partial charge in [-0.15, -0.1) is 0 Å². The smallest absolute Gasteiger partial charge is 0.393 e. The van der Waals surface area contributed by atoms with Crippen LogP contribution in [-0.4, -0.2) is 35.1 Å². The topological polar surface area (TPSA) is 92.4 Å². The summed E-state index contributed by atoms with van der Waals surface area (Å²) in [5.74, 6) is -0.607. The van der Waals surface area contributed by atoms with Crippen LogP contribution in [0.5, 0.6) is 0 Å². The van der Waals surface area contributed by atoms with Crippen molar-refractivity contribution in [2.45, 2.75) is 70.1 Å². The lowest BCUT2D eigenvalue weighted by Crippen LogP contribution is -2.41. The highest BCUT2D eigenvalue weighted by Gasteiger charge is 2.34. The molecule has 1 aromatic carbocycles. The first-order valence-corrected chi connectivity index (χ1v) is 11.9. The molecule has 196 valence electrons. The summed E-state index contributed by atoms with van der Waals surface area (Å²) < 4.78 is 65.9. The number of alkyl halides is 5. The van der Waals surface area contributed by atoms with E-state index in [0.29, 0.717) is 42.5 Å². The molecule has 1 aliphatic rings. The summed E-state index contributed by atoms with van der Waals surface area (Å²) in [6, 6.07) is 5.12. The maximum absolute atomic E-state index is 13.4. The van der Waals surface area contributed by atoms with Gasteiger partial charge in [-0.3, -0.25) is 9.79 Å². The van der Waals surface area contributed by atoms with Crippen molar-refractivity contribution >= 4 is 39.8 Å². The first kappa shape index (κ1) is 27.6. The number of amides is 1. The molecule has 1 amide bonds. The van der Waals surface area contributed by atoms with Crippen LogP contribution in [0, 0.1) is 0 Å². The van der Waals surface area contributed by atoms with Crippen molar-refractivity contribution in [3.05, 3.63) is 46.9 Å². The van der Waals surface area contributed by atoms with Gasteiger partial charge in [0.25, 0.3) is 12.3 Å². The van der Waals surface area contributed by atoms with Crippen molar-refractivity contribution in [2.24, 2.45) is 10.7 Å². The van der Waals surface area contributed by atoms with Crippen molar-refractivity contribution in [3.8, 4) is 0 Å². The summed E-state index contributed by atoms with van der Waals surface area (Å²) >= 11 is 6.05. The average molecular weight is 532 g/mol. The van der Waals surface area contributed by atoms with E-state index in [9.17, 15) is 26.7 Å². The van der Waals surface area contributed by atoms with Crippen LogP contribution in [0.2, 0.25) is 5.02 Å². The average Bonchev–Trinajstić information content (AvgIpc) is 2.82. The molecule has 0 radical (unpaired) electrons. The highest BCUT2D eigenvalue weighted by Crippen LogP contribution is 2.35. The number of aliphatic imine (C=N–C) groups is 1. The Hall–Kier alpha value is -2.95. The van der Waals surface area contributed by atoms with Crippen molar-refractivity contribution in [1.82, 2.24) is 10.3 Å². The minimum atomic E-state index is -4.60. The third-order valence-corrected chi connectivity index (χ3v) is 6.11. The number of pyridine rings is 1. The number of aromatic nitrogens is 1. The number of anilines is 1. The second kappa shape index (κ2) is 11.9. The van der Waals surface area contributed by atoms with E-state index in [2.05, 4.69) is 20.6 Å². The van der Waals surface area contributed by atoms with E-state index in [1.54, 1.807) is 13.0 Å². The third kappa shape index (κ3) is 7.28. The second-order valence-electron chi connectivity index (χ2n) is 8.64. The van der Waals surface area contributed by atoms with Crippen LogP contribution in [0.3, 0.4) is 0 Å². The molecule has 12 heteroatoms. The van der Waals surface area contributed by atoms with E-state index >= 15 is 0 Å². The molecule has 1 fully saturated rings. The maximum atomic E-state index is 13.4. The highest BCUT2D eigenvalue weighted by molar-refractivity contribution is 6.31. The Balaban J connectivity index is 1.64. The minimum Gasteiger partial charge on any atom is -0.393 e. The Morgan fingerprint density at radius 1 is 1.22 bits per heavy atom. The van der Waals surface area contributed by atoms with E-state index in [-0.39, 0.29) is 41.1 Å². The zero-order valence-corrected chi connectivity index (χ0v) is 20.3. The number of carbonyl (C=O) groups is 1. The van der Waals surface area contributed by atoms with Gasteiger partial charge in [0.2, 0.25) is 0 Å². The molecule has 0 spiro atoms. The summed E-state index contributed by atoms with van der Waals surface area (Å²) in [5.41, 5.74) is 4.55. The summed E-state index contributed by atoms with van der Waals surface area (Å²) in [7, 11) is 0. The van der Waals surface area contributed by atoms with Gasteiger partial charge < -0.3 is 16.4 Å². The first-order chi connectivity index (χ1) is 17.0. The third-order valence-electron chi connectivity index (χ3n) is 5.87. The van der Waals surface area contributed by atoms with Crippen LogP contribution in [0.25, 0.3) is 10.9 Å². The summed E-state index contributed by atoms with van der Waals surface area (Å²) in [4.78, 5) is 19.7. The molecule has 0 unspecified atom stereocenters. The Labute approximate surface area is 210 Å². The number of nitrogens with one attached hydrogen (secondary N) is 2. The molecule has 1 saturated carbocycles. The molecule has 36 heavy (non-hydrogen) atoms. The van der Waals surface area contributed by atoms with Gasteiger partial charge in [0.05, 0.1) is 17.4 Å². The molecule has 1 aromatic heterocycles. The molecule has 0 atom stereocenters. The van der Waals surface area contributed by atoms with Crippen LogP contribution < -0.4 is 16.4 Å². The summed E-state index contributed by atoms with van der Waals surface area (Å²) in [5, 5.41) is 6.80. The Kier molecular flexibility index (Phi) is 9.10. The maximum Gasteiger partial charge on any atom is 0.433 e. The molecule has 0 bridgehead atoms. The number of halogens is 6. The Morgan fingerprint density at radius 3 is 2.50 bits per heavy atom. The predicted molar refractivity (Wildman–Crippen MR) is 130 cm³/mol. The van der Waals surface area contributed by atoms with Gasteiger partial charge in [0, 0.05) is 28.2 Å². The zero-order chi connectivity index (χ0) is 26.5. The van der Waals surface area contributed by atoms with Gasteiger partial charge in [-0.05, 0) is 56.4 Å². The Bertz CT molecular complexity index is 1140. The lowest BCUT2D eigenvalue weighted by molar-refractivity contribution is -0.140. The summed E-state index contributed by atoms with van der Waals surface area (Å²) in [6.07, 6.45) is -3.55. The molecule has 1 aliphatic carbocycles. The van der Waals surface area contributed by atoms with Gasteiger partial charge in [-0.25, -0.2) is 13.8 Å². The van der Waals surface area contributed by atoms with E-state index in [4.69, 9.17) is 17.3 Å². The standard InChI is InChI=1S/C24H27ClF5N5O/c1-2-3-19(22(26)27)32-12-17(31)23(36)34-15-7-5-14(6-8-15)33-20-11-21(24(28,29)30)35-18-9-4-13(25)10-16(18)20/h4,9-12,14-15,22H,2-3,5-8,31H2,1H3,(H,33,35)(H,34,36)/b17-12-,32-19?. The lowest BCUT2D eigenvalue weighted by atomic mass is 9.90. The molecule has 2 aromatic rings. The van der Waals surface area contributed by atoms with Gasteiger partial charge in [0.15, 0.2) is 0 Å². The normalized spacial score (nSPS) is 19.6. The van der Waals surface area contributed by atoms with Crippen molar-refractivity contribution in [2.75, 3.05) is 5.32 Å². The SMILES string of the molecule is CCCC(=N/C=C(\N)C(=O)NC1CCC(Nc2cc(C(F)(F)F)nc3ccc(Cl)cc23)CC1)C(F)F. The van der Waals surface area contributed by atoms with E-state index < -0.39 is 24.2 Å². The fourth-order valence-electron chi connectivity index (χ4n) is 4.03. The molecule has 0 saturated heterocycles. The van der Waals surface area contributed by atoms with E-state index in [1.807, 2.05) is 0 Å². The molecule has 6 nitrogen and oxygen atoms in total. The van der Waals surface area contributed by atoms with Crippen molar-refractivity contribution < 1.29 is 26.7 Å². The van der Waals surface area contributed by atoms with Crippen LogP contribution in [-0.2, 0) is 11.0 Å². The molecule has 0 aliphatic heterocycles. The number of nitrogens with two attached hydrogens (primary N) is 1. The first-order valence-electron chi connectivity index (χ1n) is 11.5. The van der Waals surface area contributed by atoms with E-state index in [1.165, 1.54) is 12.1 Å². The fraction of sp³-hybridized carbons (Fsp3) is 0.458. The molecule has 4 N–H and O–H groups in total. The molecular formula is C24H27ClF5N5O. The number of fused-ring (bicyclic) bond motifs is 1. The number of rotatable bonds is 8. The molecule has 1 heterocycles. The van der Waals surface area contributed by atoms with Crippen molar-refractivity contribution in [3.63, 3.8) is 0 Å². The van der Waals surface area contributed by atoms with Crippen LogP contribution in [0.1, 0.15) is 51.1 Å².